The zero-order chi connectivity index (χ0) is 22.4. The minimum absolute atomic E-state index is 0.00475. The van der Waals surface area contributed by atoms with Gasteiger partial charge in [-0.1, -0.05) is 56.5 Å². The fourth-order valence-electron chi connectivity index (χ4n) is 2.69. The van der Waals surface area contributed by atoms with Gasteiger partial charge in [-0.25, -0.2) is 9.97 Å². The molecule has 168 valence electrons. The molecule has 0 saturated carbocycles. The molecule has 0 aliphatic carbocycles. The molecule has 1 aromatic heterocycles. The molecular formula is C18H33ClN10O. The molecular weight excluding hydrogens is 408 g/mol. The number of halogens is 1. The average molecular weight is 441 g/mol. The molecule has 1 amide bonds. The Labute approximate surface area is 181 Å². The van der Waals surface area contributed by atoms with E-state index in [1.807, 2.05) is 0 Å². The van der Waals surface area contributed by atoms with Gasteiger partial charge in [0.05, 0.1) is 0 Å². The van der Waals surface area contributed by atoms with Crippen LogP contribution in [-0.4, -0.2) is 40.9 Å². The number of hydrogen-bond acceptors (Lipinski definition) is 7. The van der Waals surface area contributed by atoms with Crippen molar-refractivity contribution in [1.29, 1.82) is 0 Å². The molecule has 0 aliphatic heterocycles. The molecule has 1 heterocycles. The summed E-state index contributed by atoms with van der Waals surface area (Å²) in [5, 5.41) is 2.31. The molecule has 12 heteroatoms. The summed E-state index contributed by atoms with van der Waals surface area (Å²) in [6.45, 7) is 1.24. The van der Waals surface area contributed by atoms with E-state index >= 15 is 0 Å². The van der Waals surface area contributed by atoms with Gasteiger partial charge in [0.25, 0.3) is 5.91 Å². The standard InChI is InChI=1S/C18H33ClN10O/c19-13-15(21)28-14(20)12(27-13)16(30)29-18(24)26-11-9-7-5-3-1-2-4-6-8-10-25-17(22)23/h1-11H2,(H4,20,21,28)(H4,22,23,25)(H3,24,26,29,30). The number of guanidine groups is 2. The highest BCUT2D eigenvalue weighted by molar-refractivity contribution is 6.31. The zero-order valence-corrected chi connectivity index (χ0v) is 18.0. The average Bonchev–Trinajstić information content (AvgIpc) is 2.67. The molecule has 11 nitrogen and oxygen atoms in total. The Morgan fingerprint density at radius 2 is 1.30 bits per heavy atom. The van der Waals surface area contributed by atoms with Gasteiger partial charge in [-0.05, 0) is 12.8 Å². The fraction of sp³-hybridized carbons (Fsp3) is 0.611. The van der Waals surface area contributed by atoms with Crippen LogP contribution in [-0.2, 0) is 0 Å². The maximum atomic E-state index is 12.1. The first-order chi connectivity index (χ1) is 14.3. The van der Waals surface area contributed by atoms with E-state index in [4.69, 9.17) is 40.3 Å². The van der Waals surface area contributed by atoms with Gasteiger partial charge in [-0.2, -0.15) is 0 Å². The first-order valence-electron chi connectivity index (χ1n) is 10.1. The summed E-state index contributed by atoms with van der Waals surface area (Å²) < 4.78 is 0. The second kappa shape index (κ2) is 14.2. The molecule has 0 saturated heterocycles. The van der Waals surface area contributed by atoms with Crippen molar-refractivity contribution in [2.75, 3.05) is 24.6 Å². The number of carbonyl (C=O) groups is 1. The molecule has 0 spiro atoms. The number of hydrogen-bond donors (Lipinski definition) is 6. The number of aromatic nitrogens is 2. The van der Waals surface area contributed by atoms with Crippen LogP contribution < -0.4 is 34.0 Å². The Hall–Kier alpha value is -2.82. The first kappa shape index (κ1) is 25.2. The lowest BCUT2D eigenvalue weighted by molar-refractivity contribution is 0.0972. The largest absolute Gasteiger partial charge is 0.382 e. The molecule has 0 atom stereocenters. The monoisotopic (exact) mass is 440 g/mol. The Balaban J connectivity index is 2.11. The molecule has 0 unspecified atom stereocenters. The summed E-state index contributed by atoms with van der Waals surface area (Å²) in [6, 6.07) is 0. The van der Waals surface area contributed by atoms with Crippen LogP contribution in [0.25, 0.3) is 0 Å². The maximum Gasteiger partial charge on any atom is 0.280 e. The smallest absolute Gasteiger partial charge is 0.280 e. The van der Waals surface area contributed by atoms with E-state index in [0.717, 1.165) is 32.1 Å². The zero-order valence-electron chi connectivity index (χ0n) is 17.2. The lowest BCUT2D eigenvalue weighted by atomic mass is 10.1. The molecule has 0 fully saturated rings. The summed E-state index contributed by atoms with van der Waals surface area (Å²) in [4.78, 5) is 27.8. The highest BCUT2D eigenvalue weighted by Crippen LogP contribution is 2.17. The summed E-state index contributed by atoms with van der Waals surface area (Å²) in [6.07, 6.45) is 10.1. The lowest BCUT2D eigenvalue weighted by Gasteiger charge is -2.07. The van der Waals surface area contributed by atoms with Gasteiger partial charge in [0.2, 0.25) is 0 Å². The minimum Gasteiger partial charge on any atom is -0.382 e. The number of unbranched alkanes of at least 4 members (excludes halogenated alkanes) is 8. The number of nitrogens with zero attached hydrogens (tertiary/aromatic N) is 4. The van der Waals surface area contributed by atoms with E-state index in [0.29, 0.717) is 13.1 Å². The molecule has 11 N–H and O–H groups in total. The molecule has 30 heavy (non-hydrogen) atoms. The Morgan fingerprint density at radius 1 is 0.800 bits per heavy atom. The van der Waals surface area contributed by atoms with Crippen molar-refractivity contribution < 1.29 is 4.79 Å². The van der Waals surface area contributed by atoms with Crippen LogP contribution in [0, 0.1) is 0 Å². The summed E-state index contributed by atoms with van der Waals surface area (Å²) in [7, 11) is 0. The predicted octanol–water partition coefficient (Wildman–Crippen LogP) is 1.12. The van der Waals surface area contributed by atoms with Crippen LogP contribution in [0.5, 0.6) is 0 Å². The highest BCUT2D eigenvalue weighted by Gasteiger charge is 2.16. The van der Waals surface area contributed by atoms with Crippen molar-refractivity contribution in [3.8, 4) is 0 Å². The van der Waals surface area contributed by atoms with Crippen molar-refractivity contribution in [2.24, 2.45) is 27.2 Å². The van der Waals surface area contributed by atoms with Crippen molar-refractivity contribution in [1.82, 2.24) is 15.3 Å². The summed E-state index contributed by atoms with van der Waals surface area (Å²) in [5.41, 5.74) is 27.2. The maximum absolute atomic E-state index is 12.1. The number of nitrogen functional groups attached to an aromatic ring is 2. The highest BCUT2D eigenvalue weighted by atomic mass is 35.5. The van der Waals surface area contributed by atoms with Crippen LogP contribution >= 0.6 is 11.6 Å². The van der Waals surface area contributed by atoms with Crippen LogP contribution in [0.3, 0.4) is 0 Å². The Bertz CT molecular complexity index is 734. The van der Waals surface area contributed by atoms with Crippen LogP contribution in [0.1, 0.15) is 68.3 Å². The SMILES string of the molecule is NC(N)=NCCCCCCCCCCCN=C(N)NC(=O)c1nc(Cl)c(N)nc1N. The first-order valence-corrected chi connectivity index (χ1v) is 10.4. The summed E-state index contributed by atoms with van der Waals surface area (Å²) >= 11 is 5.76. The number of rotatable bonds is 13. The molecule has 1 aromatic rings. The third-order valence-electron chi connectivity index (χ3n) is 4.25. The van der Waals surface area contributed by atoms with Crippen molar-refractivity contribution in [3.63, 3.8) is 0 Å². The normalized spacial score (nSPS) is 11.3. The number of amides is 1. The second-order valence-corrected chi connectivity index (χ2v) is 7.20. The molecule has 0 radical (unpaired) electrons. The minimum atomic E-state index is -0.638. The van der Waals surface area contributed by atoms with Gasteiger partial charge >= 0.3 is 0 Å². The van der Waals surface area contributed by atoms with E-state index in [1.165, 1.54) is 25.7 Å². The van der Waals surface area contributed by atoms with Crippen molar-refractivity contribution in [3.05, 3.63) is 10.8 Å². The van der Waals surface area contributed by atoms with Crippen LogP contribution in [0.4, 0.5) is 11.6 Å². The van der Waals surface area contributed by atoms with Gasteiger partial charge in [0, 0.05) is 13.1 Å². The number of nitrogens with one attached hydrogen (secondary N) is 1. The van der Waals surface area contributed by atoms with Gasteiger partial charge in [0.15, 0.2) is 34.4 Å². The van der Waals surface area contributed by atoms with Crippen LogP contribution in [0.15, 0.2) is 9.98 Å². The van der Waals surface area contributed by atoms with Gasteiger partial charge in [-0.15, -0.1) is 0 Å². The Kier molecular flexibility index (Phi) is 11.9. The number of nitrogens with two attached hydrogens (primary N) is 5. The van der Waals surface area contributed by atoms with Crippen LogP contribution in [0.2, 0.25) is 5.15 Å². The topological polar surface area (TPSA) is 210 Å². The molecule has 1 rings (SSSR count). The Morgan fingerprint density at radius 3 is 1.83 bits per heavy atom. The quantitative estimate of drug-likeness (QED) is 0.148. The fourth-order valence-corrected chi connectivity index (χ4v) is 2.82. The second-order valence-electron chi connectivity index (χ2n) is 6.84. The van der Waals surface area contributed by atoms with Gasteiger partial charge in [-0.3, -0.25) is 20.1 Å². The van der Waals surface area contributed by atoms with Crippen molar-refractivity contribution >= 4 is 41.1 Å². The van der Waals surface area contributed by atoms with Gasteiger partial charge < -0.3 is 28.7 Å². The number of carbonyl (C=O) groups excluding carboxylic acids is 1. The lowest BCUT2D eigenvalue weighted by Crippen LogP contribution is -2.38. The van der Waals surface area contributed by atoms with E-state index in [2.05, 4.69) is 25.3 Å². The third-order valence-corrected chi connectivity index (χ3v) is 4.53. The number of anilines is 2. The molecule has 0 aromatic carbocycles. The number of aliphatic imine (C=N–C) groups is 2. The van der Waals surface area contributed by atoms with E-state index in [-0.39, 0.29) is 34.4 Å². The van der Waals surface area contributed by atoms with E-state index < -0.39 is 5.91 Å². The third kappa shape index (κ3) is 10.6. The predicted molar refractivity (Wildman–Crippen MR) is 122 cm³/mol. The summed E-state index contributed by atoms with van der Waals surface area (Å²) in [5.74, 6) is -0.656. The van der Waals surface area contributed by atoms with Crippen molar-refractivity contribution in [2.45, 2.75) is 57.8 Å². The van der Waals surface area contributed by atoms with Gasteiger partial charge in [0.1, 0.15) is 0 Å². The van der Waals surface area contributed by atoms with E-state index in [1.54, 1.807) is 0 Å². The molecule has 0 aliphatic rings. The van der Waals surface area contributed by atoms with E-state index in [9.17, 15) is 4.79 Å². The molecule has 0 bridgehead atoms.